The Morgan fingerprint density at radius 1 is 1.04 bits per heavy atom. The lowest BCUT2D eigenvalue weighted by Crippen LogP contribution is -2.38. The standard InChI is InChI=1S/C19H24N4O2/c1-2-6-16(24)19(25)22-12-11-18-21-20-17(23(18)14-13-22)10-9-15-7-4-3-5-8-15/h3-5,7-8H,2,6,9-14H2,1H3. The number of rotatable bonds is 6. The van der Waals surface area contributed by atoms with Crippen LogP contribution in [0.15, 0.2) is 30.3 Å². The minimum absolute atomic E-state index is 0.288. The first-order chi connectivity index (χ1) is 12.2. The molecule has 0 unspecified atom stereocenters. The number of aryl methyl sites for hydroxylation is 2. The Balaban J connectivity index is 1.64. The van der Waals surface area contributed by atoms with E-state index in [9.17, 15) is 9.59 Å². The molecule has 25 heavy (non-hydrogen) atoms. The summed E-state index contributed by atoms with van der Waals surface area (Å²) in [5, 5.41) is 8.63. The lowest BCUT2D eigenvalue weighted by Gasteiger charge is -2.19. The quantitative estimate of drug-likeness (QED) is 0.752. The average molecular weight is 340 g/mol. The molecule has 0 radical (unpaired) electrons. The van der Waals surface area contributed by atoms with Gasteiger partial charge in [-0.15, -0.1) is 10.2 Å². The van der Waals surface area contributed by atoms with E-state index in [0.717, 1.165) is 24.5 Å². The molecule has 0 atom stereocenters. The molecule has 0 spiro atoms. The fourth-order valence-electron chi connectivity index (χ4n) is 3.18. The molecule has 0 bridgehead atoms. The van der Waals surface area contributed by atoms with Crippen molar-refractivity contribution in [3.05, 3.63) is 47.5 Å². The maximum absolute atomic E-state index is 12.2. The summed E-state index contributed by atoms with van der Waals surface area (Å²) in [6, 6.07) is 10.3. The van der Waals surface area contributed by atoms with Gasteiger partial charge in [0, 0.05) is 38.9 Å². The third kappa shape index (κ3) is 4.13. The van der Waals surface area contributed by atoms with E-state index >= 15 is 0 Å². The Bertz CT molecular complexity index is 739. The maximum atomic E-state index is 12.2. The van der Waals surface area contributed by atoms with Gasteiger partial charge < -0.3 is 9.47 Å². The van der Waals surface area contributed by atoms with Gasteiger partial charge in [-0.05, 0) is 18.4 Å². The molecule has 0 saturated carbocycles. The second-order valence-electron chi connectivity index (χ2n) is 6.39. The van der Waals surface area contributed by atoms with Crippen LogP contribution >= 0.6 is 0 Å². The second-order valence-corrected chi connectivity index (χ2v) is 6.39. The van der Waals surface area contributed by atoms with Crippen molar-refractivity contribution >= 4 is 11.7 Å². The number of aromatic nitrogens is 3. The highest BCUT2D eigenvalue weighted by atomic mass is 16.2. The van der Waals surface area contributed by atoms with Crippen molar-refractivity contribution in [2.45, 2.75) is 45.6 Å². The topological polar surface area (TPSA) is 68.1 Å². The van der Waals surface area contributed by atoms with E-state index in [1.165, 1.54) is 5.56 Å². The summed E-state index contributed by atoms with van der Waals surface area (Å²) in [7, 11) is 0. The first-order valence-electron chi connectivity index (χ1n) is 8.96. The molecule has 1 aliphatic rings. The van der Waals surface area contributed by atoms with Crippen molar-refractivity contribution in [3.8, 4) is 0 Å². The highest BCUT2D eigenvalue weighted by Crippen LogP contribution is 2.13. The highest BCUT2D eigenvalue weighted by molar-refractivity contribution is 6.36. The number of hydrogen-bond acceptors (Lipinski definition) is 4. The molecule has 1 aromatic carbocycles. The molecular formula is C19H24N4O2. The molecule has 0 N–H and O–H groups in total. The van der Waals surface area contributed by atoms with Crippen LogP contribution in [0.2, 0.25) is 0 Å². The lowest BCUT2D eigenvalue weighted by molar-refractivity contribution is -0.144. The Morgan fingerprint density at radius 2 is 1.84 bits per heavy atom. The van der Waals surface area contributed by atoms with Gasteiger partial charge in [0.2, 0.25) is 5.78 Å². The number of Topliss-reactive ketones (excluding diaryl/α,β-unsaturated/α-hetero) is 1. The minimum atomic E-state index is -0.355. The van der Waals surface area contributed by atoms with E-state index < -0.39 is 0 Å². The largest absolute Gasteiger partial charge is 0.334 e. The van der Waals surface area contributed by atoms with E-state index in [1.807, 2.05) is 25.1 Å². The zero-order valence-corrected chi connectivity index (χ0v) is 14.6. The van der Waals surface area contributed by atoms with Gasteiger partial charge >= 0.3 is 0 Å². The van der Waals surface area contributed by atoms with Gasteiger partial charge in [-0.2, -0.15) is 0 Å². The first-order valence-corrected chi connectivity index (χ1v) is 8.96. The summed E-state index contributed by atoms with van der Waals surface area (Å²) in [4.78, 5) is 25.8. The summed E-state index contributed by atoms with van der Waals surface area (Å²) in [6.45, 7) is 3.63. The van der Waals surface area contributed by atoms with Crippen LogP contribution < -0.4 is 0 Å². The molecule has 0 aliphatic carbocycles. The van der Waals surface area contributed by atoms with Crippen LogP contribution in [0.3, 0.4) is 0 Å². The van der Waals surface area contributed by atoms with Crippen LogP contribution in [0.4, 0.5) is 0 Å². The van der Waals surface area contributed by atoms with Crippen molar-refractivity contribution in [3.63, 3.8) is 0 Å². The molecule has 3 rings (SSSR count). The minimum Gasteiger partial charge on any atom is -0.334 e. The van der Waals surface area contributed by atoms with Crippen LogP contribution in [0.25, 0.3) is 0 Å². The van der Waals surface area contributed by atoms with Crippen molar-refractivity contribution in [2.24, 2.45) is 0 Å². The number of benzene rings is 1. The first kappa shape index (κ1) is 17.3. The molecule has 132 valence electrons. The third-order valence-electron chi connectivity index (χ3n) is 4.59. The van der Waals surface area contributed by atoms with Crippen LogP contribution in [-0.2, 0) is 35.4 Å². The summed E-state index contributed by atoms with van der Waals surface area (Å²) in [5.41, 5.74) is 1.27. The molecule has 2 heterocycles. The van der Waals surface area contributed by atoms with E-state index in [1.54, 1.807) is 4.90 Å². The zero-order valence-electron chi connectivity index (χ0n) is 14.6. The summed E-state index contributed by atoms with van der Waals surface area (Å²) < 4.78 is 2.11. The van der Waals surface area contributed by atoms with Gasteiger partial charge in [0.15, 0.2) is 0 Å². The Hall–Kier alpha value is -2.50. The maximum Gasteiger partial charge on any atom is 0.290 e. The van der Waals surface area contributed by atoms with Crippen LogP contribution in [-0.4, -0.2) is 44.4 Å². The summed E-state index contributed by atoms with van der Waals surface area (Å²) >= 11 is 0. The second kappa shape index (κ2) is 8.05. The zero-order chi connectivity index (χ0) is 17.6. The van der Waals surface area contributed by atoms with E-state index in [-0.39, 0.29) is 11.7 Å². The number of hydrogen-bond donors (Lipinski definition) is 0. The molecule has 1 aromatic heterocycles. The van der Waals surface area contributed by atoms with E-state index in [0.29, 0.717) is 38.9 Å². The lowest BCUT2D eigenvalue weighted by atomic mass is 10.1. The molecule has 6 nitrogen and oxygen atoms in total. The highest BCUT2D eigenvalue weighted by Gasteiger charge is 2.25. The van der Waals surface area contributed by atoms with Gasteiger partial charge in [-0.3, -0.25) is 9.59 Å². The van der Waals surface area contributed by atoms with Gasteiger partial charge in [-0.25, -0.2) is 0 Å². The fourth-order valence-corrected chi connectivity index (χ4v) is 3.18. The van der Waals surface area contributed by atoms with Crippen LogP contribution in [0, 0.1) is 0 Å². The molecule has 0 saturated heterocycles. The summed E-state index contributed by atoms with van der Waals surface area (Å²) in [5.74, 6) is 1.21. The Morgan fingerprint density at radius 3 is 2.60 bits per heavy atom. The van der Waals surface area contributed by atoms with Crippen molar-refractivity contribution < 1.29 is 9.59 Å². The number of amides is 1. The van der Waals surface area contributed by atoms with Crippen LogP contribution in [0.5, 0.6) is 0 Å². The van der Waals surface area contributed by atoms with Gasteiger partial charge in [0.25, 0.3) is 5.91 Å². The molecule has 1 aliphatic heterocycles. The normalized spacial score (nSPS) is 14.0. The smallest absolute Gasteiger partial charge is 0.290 e. The van der Waals surface area contributed by atoms with Crippen molar-refractivity contribution in [1.29, 1.82) is 0 Å². The Labute approximate surface area is 147 Å². The molecule has 6 heteroatoms. The molecule has 0 fully saturated rings. The van der Waals surface area contributed by atoms with Crippen molar-refractivity contribution in [1.82, 2.24) is 19.7 Å². The van der Waals surface area contributed by atoms with E-state index in [4.69, 9.17) is 0 Å². The average Bonchev–Trinajstić information content (AvgIpc) is 2.90. The monoisotopic (exact) mass is 340 g/mol. The van der Waals surface area contributed by atoms with E-state index in [2.05, 4.69) is 26.9 Å². The summed E-state index contributed by atoms with van der Waals surface area (Å²) in [6.07, 6.45) is 3.40. The molecule has 2 aromatic rings. The predicted octanol–water partition coefficient (Wildman–Crippen LogP) is 1.82. The SMILES string of the molecule is CCCC(=O)C(=O)N1CCc2nnc(CCc3ccccc3)n2CC1. The molecular weight excluding hydrogens is 316 g/mol. The Kier molecular flexibility index (Phi) is 5.58. The number of ketones is 1. The van der Waals surface area contributed by atoms with Crippen molar-refractivity contribution in [2.75, 3.05) is 13.1 Å². The fraction of sp³-hybridized carbons (Fsp3) is 0.474. The number of carbonyl (C=O) groups is 2. The van der Waals surface area contributed by atoms with Crippen LogP contribution in [0.1, 0.15) is 37.0 Å². The predicted molar refractivity (Wildman–Crippen MR) is 94.1 cm³/mol. The van der Waals surface area contributed by atoms with Gasteiger partial charge in [0.05, 0.1) is 0 Å². The number of fused-ring (bicyclic) bond motifs is 1. The number of nitrogens with zero attached hydrogens (tertiary/aromatic N) is 4. The van der Waals surface area contributed by atoms with Gasteiger partial charge in [-0.1, -0.05) is 37.3 Å². The third-order valence-corrected chi connectivity index (χ3v) is 4.59. The number of carbonyl (C=O) groups excluding carboxylic acids is 2. The van der Waals surface area contributed by atoms with Gasteiger partial charge in [0.1, 0.15) is 11.6 Å². The molecule has 1 amide bonds.